The topological polar surface area (TPSA) is 254 Å². The standard InChI is InChI=1S/C13H26N2O2Si.2C13H24N2O2Si.2C12H24N2OSi.C4H6N2.C3H4O3.CH4/c2*1-11-9-15(12(10-16)14-11)7-8-17-18(5,6)13(2,3)4;1-11-9-14-12(10-16)15(11)7-8-17-18(5,6)13(2,3)4;1-11-9-14(10-13-11)7-8-15-16(5,6)12(2,3)4;1-11-9-13-10-14(11)7-8-15-16(5,6)12(2,3)4;1-4-2-5-3-6-4;4-3-5-1-2-6-3;/h9,16H,7-8,10H2,1-6H3;2*9-10H,7-8H2,1-6H3;2*9-10H,7-8H2,1-6H3;2-3H,1H3,(H,5,6);1-2H2;1H4. The molecule has 0 aliphatic carbocycles. The molecule has 1 fully saturated rings. The van der Waals surface area contributed by atoms with Gasteiger partial charge in [-0.05, 0) is 132 Å². The summed E-state index contributed by atoms with van der Waals surface area (Å²) in [6.45, 7) is 76.2. The zero-order valence-electron chi connectivity index (χ0n) is 66.5. The number of H-pyrrole nitrogens is 1. The van der Waals surface area contributed by atoms with Crippen molar-refractivity contribution in [3.63, 3.8) is 0 Å². The van der Waals surface area contributed by atoms with Gasteiger partial charge in [-0.2, -0.15) is 0 Å². The Labute approximate surface area is 602 Å². The van der Waals surface area contributed by atoms with E-state index in [9.17, 15) is 19.5 Å². The number of aromatic amines is 1. The van der Waals surface area contributed by atoms with Gasteiger partial charge in [0.05, 0.1) is 69.1 Å². The molecule has 1 saturated heterocycles. The van der Waals surface area contributed by atoms with E-state index in [-0.39, 0.29) is 39.2 Å². The molecule has 1 aliphatic rings. The number of aliphatic hydroxyl groups excluding tert-OH is 1. The average molecular weight is 1470 g/mol. The van der Waals surface area contributed by atoms with Crippen molar-refractivity contribution in [2.75, 3.05) is 46.2 Å². The highest BCUT2D eigenvalue weighted by Crippen LogP contribution is 2.40. The van der Waals surface area contributed by atoms with Crippen LogP contribution in [0.3, 0.4) is 0 Å². The van der Waals surface area contributed by atoms with E-state index in [4.69, 9.17) is 22.1 Å². The summed E-state index contributed by atoms with van der Waals surface area (Å²) in [7, 11) is -8.26. The van der Waals surface area contributed by atoms with Crippen molar-refractivity contribution in [1.82, 2.24) is 57.7 Å². The summed E-state index contributed by atoms with van der Waals surface area (Å²) in [4.78, 5) is 58.9. The van der Waals surface area contributed by atoms with Crippen LogP contribution in [-0.4, -0.2) is 169 Å². The fourth-order valence-corrected chi connectivity index (χ4v) is 12.7. The molecule has 2 N–H and O–H groups in total. The lowest BCUT2D eigenvalue weighted by Crippen LogP contribution is -2.41. The normalized spacial score (nSPS) is 13.0. The molecule has 0 radical (unpaired) electrons. The zero-order chi connectivity index (χ0) is 75.5. The third kappa shape index (κ3) is 33.6. The summed E-state index contributed by atoms with van der Waals surface area (Å²) in [6.07, 6.45) is 17.7. The molecule has 566 valence electrons. The van der Waals surface area contributed by atoms with Gasteiger partial charge in [-0.15, -0.1) is 0 Å². The molecule has 0 spiro atoms. The molecule has 0 atom stereocenters. The van der Waals surface area contributed by atoms with Crippen LogP contribution in [0.5, 0.6) is 0 Å². The molecular formula is C71H136N12O11Si5. The van der Waals surface area contributed by atoms with Crippen molar-refractivity contribution < 1.29 is 51.1 Å². The van der Waals surface area contributed by atoms with Crippen molar-refractivity contribution in [3.8, 4) is 0 Å². The maximum absolute atomic E-state index is 10.8. The number of aryl methyl sites for hydroxylation is 6. The predicted octanol–water partition coefficient (Wildman–Crippen LogP) is 16.7. The molecule has 0 amide bonds. The summed E-state index contributed by atoms with van der Waals surface area (Å²) in [5.74, 6) is 1.67. The molecule has 6 aromatic rings. The summed E-state index contributed by atoms with van der Waals surface area (Å²) >= 11 is 0. The molecule has 0 saturated carbocycles. The molecule has 7 rings (SSSR count). The Morgan fingerprint density at radius 2 is 0.889 bits per heavy atom. The maximum atomic E-state index is 10.8. The van der Waals surface area contributed by atoms with Gasteiger partial charge in [-0.25, -0.2) is 34.7 Å². The summed E-state index contributed by atoms with van der Waals surface area (Å²) in [6, 6.07) is 0. The molecular weight excluding hydrogens is 1340 g/mol. The number of hydrogen-bond acceptors (Lipinski definition) is 17. The van der Waals surface area contributed by atoms with Crippen molar-refractivity contribution in [2.45, 2.75) is 283 Å². The van der Waals surface area contributed by atoms with E-state index in [1.165, 1.54) is 5.69 Å². The number of aldehydes is 2. The number of hydrogen-bond donors (Lipinski definition) is 2. The lowest BCUT2D eigenvalue weighted by Gasteiger charge is -2.36. The van der Waals surface area contributed by atoms with E-state index >= 15 is 0 Å². The minimum atomic E-state index is -1.71. The van der Waals surface area contributed by atoms with Crippen LogP contribution in [-0.2, 0) is 70.9 Å². The van der Waals surface area contributed by atoms with E-state index in [1.807, 2.05) is 79.6 Å². The van der Waals surface area contributed by atoms with Crippen LogP contribution in [0.1, 0.15) is 173 Å². The first-order valence-electron chi connectivity index (χ1n) is 34.3. The van der Waals surface area contributed by atoms with Gasteiger partial charge in [0, 0.05) is 87.0 Å². The molecule has 6 aromatic heterocycles. The van der Waals surface area contributed by atoms with Gasteiger partial charge in [0.1, 0.15) is 25.6 Å². The van der Waals surface area contributed by atoms with Crippen molar-refractivity contribution in [3.05, 3.63) is 108 Å². The SMILES string of the molecule is C.Cc1cn(CCO[Si](C)(C)C(C)(C)C)c(C=O)n1.Cc1cn(CCO[Si](C)(C)C(C)(C)C)c(CO)n1.Cc1cn(CCO[Si](C)(C)C(C)(C)C)cn1.Cc1cnc(C=O)n1CCO[Si](C)(C)C(C)(C)C.Cc1cnc[nH]1.Cc1cncn1CCO[Si](C)(C)C(C)(C)C.O=C1OCCO1. The zero-order valence-corrected chi connectivity index (χ0v) is 71.5. The Morgan fingerprint density at radius 3 is 1.22 bits per heavy atom. The monoisotopic (exact) mass is 1470 g/mol. The van der Waals surface area contributed by atoms with E-state index in [2.05, 4.69) is 236 Å². The number of carbonyl (C=O) groups excluding carboxylic acids is 3. The number of ether oxygens (including phenoxy) is 2. The van der Waals surface area contributed by atoms with Gasteiger partial charge in [0.2, 0.25) is 0 Å². The summed E-state index contributed by atoms with van der Waals surface area (Å²) < 4.78 is 49.0. The first-order valence-corrected chi connectivity index (χ1v) is 48.8. The number of imidazole rings is 6. The number of cyclic esters (lactones) is 2. The van der Waals surface area contributed by atoms with Crippen LogP contribution >= 0.6 is 0 Å². The fourth-order valence-electron chi connectivity index (χ4n) is 7.53. The van der Waals surface area contributed by atoms with Crippen LogP contribution < -0.4 is 0 Å². The van der Waals surface area contributed by atoms with E-state index in [1.54, 1.807) is 18.7 Å². The van der Waals surface area contributed by atoms with Crippen molar-refractivity contribution >= 4 is 60.3 Å². The van der Waals surface area contributed by atoms with Gasteiger partial charge in [0.15, 0.2) is 65.8 Å². The Bertz CT molecular complexity index is 3230. The molecule has 99 heavy (non-hydrogen) atoms. The van der Waals surface area contributed by atoms with Crippen LogP contribution in [0.4, 0.5) is 4.79 Å². The van der Waals surface area contributed by atoms with Gasteiger partial charge in [-0.3, -0.25) is 9.59 Å². The minimum absolute atomic E-state index is 0. The lowest BCUT2D eigenvalue weighted by molar-refractivity contribution is 0.110. The highest BCUT2D eigenvalue weighted by molar-refractivity contribution is 6.75. The van der Waals surface area contributed by atoms with Crippen molar-refractivity contribution in [2.24, 2.45) is 0 Å². The van der Waals surface area contributed by atoms with Gasteiger partial charge < -0.3 is 64.5 Å². The molecule has 0 bridgehead atoms. The van der Waals surface area contributed by atoms with Crippen LogP contribution in [0.2, 0.25) is 90.7 Å². The van der Waals surface area contributed by atoms with Gasteiger partial charge >= 0.3 is 6.16 Å². The molecule has 1 aliphatic heterocycles. The fraction of sp³-hybridized carbons (Fsp3) is 0.704. The van der Waals surface area contributed by atoms with E-state index in [0.717, 1.165) is 73.9 Å². The number of nitrogens with one attached hydrogen (secondary N) is 1. The Balaban J connectivity index is 0.00000116. The number of rotatable bonds is 23. The third-order valence-electron chi connectivity index (χ3n) is 19.2. The van der Waals surface area contributed by atoms with Crippen molar-refractivity contribution in [1.29, 1.82) is 0 Å². The number of nitrogens with zero attached hydrogens (tertiary/aromatic N) is 11. The third-order valence-corrected chi connectivity index (χ3v) is 41.9. The van der Waals surface area contributed by atoms with Gasteiger partial charge in [0.25, 0.3) is 0 Å². The lowest BCUT2D eigenvalue weighted by atomic mass is 10.2. The molecule has 7 heterocycles. The molecule has 0 unspecified atom stereocenters. The second-order valence-corrected chi connectivity index (χ2v) is 56.5. The smallest absolute Gasteiger partial charge is 0.431 e. The van der Waals surface area contributed by atoms with Crippen LogP contribution in [0.15, 0.2) is 56.2 Å². The van der Waals surface area contributed by atoms with E-state index in [0.29, 0.717) is 63.6 Å². The van der Waals surface area contributed by atoms with Crippen LogP contribution in [0, 0.1) is 41.5 Å². The molecule has 0 aromatic carbocycles. The highest BCUT2D eigenvalue weighted by Gasteiger charge is 2.40. The average Bonchev–Trinajstić information content (AvgIpc) is 1.75. The summed E-state index contributed by atoms with van der Waals surface area (Å²) in [5, 5.41) is 10.4. The second kappa shape index (κ2) is 41.1. The maximum Gasteiger partial charge on any atom is 0.508 e. The summed E-state index contributed by atoms with van der Waals surface area (Å²) in [5.41, 5.74) is 6.16. The molecule has 23 nitrogen and oxygen atoms in total. The first-order chi connectivity index (χ1) is 44.8. The van der Waals surface area contributed by atoms with Crippen LogP contribution in [0.25, 0.3) is 0 Å². The van der Waals surface area contributed by atoms with Gasteiger partial charge in [-0.1, -0.05) is 111 Å². The predicted molar refractivity (Wildman–Crippen MR) is 415 cm³/mol. The number of carbonyl (C=O) groups is 3. The highest BCUT2D eigenvalue weighted by atomic mass is 28.4. The Morgan fingerprint density at radius 1 is 0.485 bits per heavy atom. The number of aromatic nitrogens is 12. The number of aliphatic hydroxyl groups is 1. The minimum Gasteiger partial charge on any atom is -0.431 e. The second-order valence-electron chi connectivity index (χ2n) is 32.4. The Hall–Kier alpha value is -5.29. The quantitative estimate of drug-likeness (QED) is 0.0343. The van der Waals surface area contributed by atoms with E-state index < -0.39 is 47.7 Å². The Kier molecular flexibility index (Phi) is 38.9. The molecule has 28 heteroatoms. The largest absolute Gasteiger partial charge is 0.508 e. The first kappa shape index (κ1) is 93.7.